The Labute approximate surface area is 106 Å². The molecule has 0 saturated carbocycles. The molecular formula is C13H18BrNO. The lowest BCUT2D eigenvalue weighted by Crippen LogP contribution is -2.46. The van der Waals surface area contributed by atoms with Crippen LogP contribution >= 0.6 is 15.9 Å². The lowest BCUT2D eigenvalue weighted by atomic mass is 9.92. The first-order valence-corrected chi connectivity index (χ1v) is 6.54. The third kappa shape index (κ3) is 3.30. The Morgan fingerprint density at radius 3 is 2.81 bits per heavy atom. The molecule has 0 bridgehead atoms. The Balaban J connectivity index is 1.91. The van der Waals surface area contributed by atoms with Crippen LogP contribution in [0.5, 0.6) is 0 Å². The molecular weight excluding hydrogens is 266 g/mol. The molecule has 0 aromatic heterocycles. The fourth-order valence-corrected chi connectivity index (χ4v) is 2.41. The van der Waals surface area contributed by atoms with Gasteiger partial charge in [0.05, 0.1) is 0 Å². The van der Waals surface area contributed by atoms with E-state index in [-0.39, 0.29) is 5.54 Å². The zero-order valence-corrected chi connectivity index (χ0v) is 11.2. The third-order valence-corrected chi connectivity index (χ3v) is 3.70. The number of nitrogens with one attached hydrogen (secondary N) is 1. The largest absolute Gasteiger partial charge is 0.381 e. The predicted molar refractivity (Wildman–Crippen MR) is 69.4 cm³/mol. The van der Waals surface area contributed by atoms with Gasteiger partial charge in [0.1, 0.15) is 0 Å². The van der Waals surface area contributed by atoms with Gasteiger partial charge in [-0.1, -0.05) is 28.1 Å². The van der Waals surface area contributed by atoms with Crippen molar-refractivity contribution in [2.24, 2.45) is 0 Å². The fourth-order valence-electron chi connectivity index (χ4n) is 1.96. The monoisotopic (exact) mass is 283 g/mol. The van der Waals surface area contributed by atoms with Crippen LogP contribution < -0.4 is 5.32 Å². The molecule has 0 unspecified atom stereocenters. The molecule has 1 aliphatic rings. The van der Waals surface area contributed by atoms with E-state index < -0.39 is 0 Å². The van der Waals surface area contributed by atoms with Gasteiger partial charge in [0, 0.05) is 29.8 Å². The van der Waals surface area contributed by atoms with Gasteiger partial charge in [-0.3, -0.25) is 0 Å². The molecule has 88 valence electrons. The highest BCUT2D eigenvalue weighted by atomic mass is 79.9. The van der Waals surface area contributed by atoms with Crippen LogP contribution in [0.4, 0.5) is 0 Å². The van der Waals surface area contributed by atoms with E-state index in [0.717, 1.165) is 37.1 Å². The van der Waals surface area contributed by atoms with Crippen LogP contribution in [-0.4, -0.2) is 18.8 Å². The molecule has 1 aromatic rings. The lowest BCUT2D eigenvalue weighted by molar-refractivity contribution is 0.0446. The highest BCUT2D eigenvalue weighted by molar-refractivity contribution is 9.10. The second-order valence-corrected chi connectivity index (χ2v) is 5.57. The molecule has 1 aliphatic heterocycles. The second-order valence-electron chi connectivity index (χ2n) is 4.66. The van der Waals surface area contributed by atoms with Crippen molar-refractivity contribution in [1.82, 2.24) is 5.32 Å². The zero-order valence-electron chi connectivity index (χ0n) is 9.63. The molecule has 3 heteroatoms. The van der Waals surface area contributed by atoms with Crippen molar-refractivity contribution >= 4 is 15.9 Å². The summed E-state index contributed by atoms with van der Waals surface area (Å²) in [5, 5.41) is 3.64. The Morgan fingerprint density at radius 1 is 1.38 bits per heavy atom. The Morgan fingerprint density at radius 2 is 2.12 bits per heavy atom. The number of ether oxygens (including phenoxy) is 1. The molecule has 0 spiro atoms. The van der Waals surface area contributed by atoms with E-state index in [1.807, 2.05) is 0 Å². The topological polar surface area (TPSA) is 21.3 Å². The fraction of sp³-hybridized carbons (Fsp3) is 0.538. The van der Waals surface area contributed by atoms with E-state index in [9.17, 15) is 0 Å². The molecule has 0 radical (unpaired) electrons. The van der Waals surface area contributed by atoms with Crippen molar-refractivity contribution in [3.8, 4) is 0 Å². The lowest BCUT2D eigenvalue weighted by Gasteiger charge is -2.34. The minimum atomic E-state index is 0.237. The van der Waals surface area contributed by atoms with Crippen LogP contribution in [0.2, 0.25) is 0 Å². The van der Waals surface area contributed by atoms with Crippen molar-refractivity contribution in [3.05, 3.63) is 34.3 Å². The van der Waals surface area contributed by atoms with Crippen molar-refractivity contribution in [3.63, 3.8) is 0 Å². The average molecular weight is 284 g/mol. The van der Waals surface area contributed by atoms with Gasteiger partial charge in [-0.25, -0.2) is 0 Å². The minimum absolute atomic E-state index is 0.237. The highest BCUT2D eigenvalue weighted by Crippen LogP contribution is 2.20. The average Bonchev–Trinajstić information content (AvgIpc) is 2.28. The van der Waals surface area contributed by atoms with E-state index in [2.05, 4.69) is 52.4 Å². The summed E-state index contributed by atoms with van der Waals surface area (Å²) < 4.78 is 6.53. The smallest absolute Gasteiger partial charge is 0.0483 e. The summed E-state index contributed by atoms with van der Waals surface area (Å²) in [4.78, 5) is 0. The summed E-state index contributed by atoms with van der Waals surface area (Å²) in [7, 11) is 0. The number of hydrogen-bond donors (Lipinski definition) is 1. The second kappa shape index (κ2) is 5.30. The number of rotatable bonds is 3. The normalized spacial score (nSPS) is 19.6. The van der Waals surface area contributed by atoms with Crippen molar-refractivity contribution < 1.29 is 4.74 Å². The van der Waals surface area contributed by atoms with Gasteiger partial charge in [0.15, 0.2) is 0 Å². The van der Waals surface area contributed by atoms with Crippen LogP contribution in [0.25, 0.3) is 0 Å². The molecule has 2 nitrogen and oxygen atoms in total. The first-order chi connectivity index (χ1) is 7.68. The van der Waals surface area contributed by atoms with Crippen molar-refractivity contribution in [1.29, 1.82) is 0 Å². The van der Waals surface area contributed by atoms with Gasteiger partial charge in [-0.05, 0) is 37.5 Å². The maximum Gasteiger partial charge on any atom is 0.0483 e. The molecule has 1 N–H and O–H groups in total. The van der Waals surface area contributed by atoms with E-state index in [1.165, 1.54) is 5.56 Å². The first kappa shape index (κ1) is 12.1. The molecule has 2 rings (SSSR count). The number of hydrogen-bond acceptors (Lipinski definition) is 2. The summed E-state index contributed by atoms with van der Waals surface area (Å²) in [6.07, 6.45) is 2.20. The summed E-state index contributed by atoms with van der Waals surface area (Å²) in [6.45, 7) is 4.97. The summed E-state index contributed by atoms with van der Waals surface area (Å²) >= 11 is 3.49. The van der Waals surface area contributed by atoms with E-state index >= 15 is 0 Å². The molecule has 0 amide bonds. The van der Waals surface area contributed by atoms with Gasteiger partial charge >= 0.3 is 0 Å². The van der Waals surface area contributed by atoms with Gasteiger partial charge in [-0.15, -0.1) is 0 Å². The van der Waals surface area contributed by atoms with E-state index in [0.29, 0.717) is 0 Å². The van der Waals surface area contributed by atoms with Crippen molar-refractivity contribution in [2.45, 2.75) is 31.8 Å². The standard InChI is InChI=1S/C13H18BrNO/c1-13(5-7-16-8-6-13)15-10-11-3-2-4-12(14)9-11/h2-4,9,15H,5-8,10H2,1H3. The molecule has 1 aromatic carbocycles. The maximum atomic E-state index is 5.39. The van der Waals surface area contributed by atoms with Crippen LogP contribution in [0.1, 0.15) is 25.3 Å². The van der Waals surface area contributed by atoms with Gasteiger partial charge in [-0.2, -0.15) is 0 Å². The van der Waals surface area contributed by atoms with Crippen molar-refractivity contribution in [2.75, 3.05) is 13.2 Å². The Hall–Kier alpha value is -0.380. The highest BCUT2D eigenvalue weighted by Gasteiger charge is 2.26. The van der Waals surface area contributed by atoms with Crippen LogP contribution in [0.15, 0.2) is 28.7 Å². The van der Waals surface area contributed by atoms with Crippen LogP contribution in [-0.2, 0) is 11.3 Å². The molecule has 1 saturated heterocycles. The molecule has 0 atom stereocenters. The summed E-state index contributed by atoms with van der Waals surface area (Å²) in [5.41, 5.74) is 1.56. The quantitative estimate of drug-likeness (QED) is 0.921. The molecule has 1 heterocycles. The van der Waals surface area contributed by atoms with Gasteiger partial charge < -0.3 is 10.1 Å². The summed E-state index contributed by atoms with van der Waals surface area (Å²) in [5.74, 6) is 0. The summed E-state index contributed by atoms with van der Waals surface area (Å²) in [6, 6.07) is 8.45. The van der Waals surface area contributed by atoms with Gasteiger partial charge in [0.2, 0.25) is 0 Å². The Bertz CT molecular complexity index is 348. The molecule has 16 heavy (non-hydrogen) atoms. The van der Waals surface area contributed by atoms with Crippen LogP contribution in [0.3, 0.4) is 0 Å². The zero-order chi connectivity index (χ0) is 11.4. The van der Waals surface area contributed by atoms with E-state index in [4.69, 9.17) is 4.74 Å². The first-order valence-electron chi connectivity index (χ1n) is 5.75. The maximum absolute atomic E-state index is 5.39. The molecule has 0 aliphatic carbocycles. The Kier molecular flexibility index (Phi) is 4.00. The third-order valence-electron chi connectivity index (χ3n) is 3.20. The predicted octanol–water partition coefficient (Wildman–Crippen LogP) is 3.11. The van der Waals surface area contributed by atoms with Gasteiger partial charge in [0.25, 0.3) is 0 Å². The minimum Gasteiger partial charge on any atom is -0.381 e. The number of benzene rings is 1. The number of halogens is 1. The molecule has 1 fully saturated rings. The van der Waals surface area contributed by atoms with Crippen LogP contribution in [0, 0.1) is 0 Å². The van der Waals surface area contributed by atoms with E-state index in [1.54, 1.807) is 0 Å². The SMILES string of the molecule is CC1(NCc2cccc(Br)c2)CCOCC1.